The van der Waals surface area contributed by atoms with Crippen LogP contribution >= 0.6 is 0 Å². The molecule has 0 saturated heterocycles. The first-order valence-electron chi connectivity index (χ1n) is 8.75. The van der Waals surface area contributed by atoms with Crippen molar-refractivity contribution >= 4 is 27.6 Å². The number of hydrogen-bond acceptors (Lipinski definition) is 6. The topological polar surface area (TPSA) is 98.6 Å². The smallest absolute Gasteiger partial charge is 0.338 e. The SMILES string of the molecule is CCOC(=O)c1cccc(N(C(=O)c2cc(C)n(C(C)(C)C)n2)S(C)(=O)=O)c1. The Hall–Kier alpha value is -2.68. The lowest BCUT2D eigenvalue weighted by molar-refractivity contribution is 0.0526. The number of aryl methyl sites for hydroxylation is 1. The summed E-state index contributed by atoms with van der Waals surface area (Å²) in [4.78, 5) is 25.0. The van der Waals surface area contributed by atoms with Crippen molar-refractivity contribution in [3.63, 3.8) is 0 Å². The molecule has 0 saturated carbocycles. The van der Waals surface area contributed by atoms with E-state index in [-0.39, 0.29) is 29.1 Å². The van der Waals surface area contributed by atoms with Gasteiger partial charge >= 0.3 is 5.97 Å². The summed E-state index contributed by atoms with van der Waals surface area (Å²) in [5, 5.41) is 4.30. The summed E-state index contributed by atoms with van der Waals surface area (Å²) >= 11 is 0. The van der Waals surface area contributed by atoms with Gasteiger partial charge < -0.3 is 4.74 Å². The average molecular weight is 407 g/mol. The van der Waals surface area contributed by atoms with Crippen molar-refractivity contribution in [2.24, 2.45) is 0 Å². The molecular weight excluding hydrogens is 382 g/mol. The standard InChI is InChI=1S/C19H25N3O5S/c1-7-27-18(24)14-9-8-10-15(12-14)21(28(6,25)26)17(23)16-11-13(2)22(20-16)19(3,4)5/h8-12H,7H2,1-6H3. The zero-order valence-electron chi connectivity index (χ0n) is 16.9. The van der Waals surface area contributed by atoms with Crippen LogP contribution in [0.15, 0.2) is 30.3 Å². The van der Waals surface area contributed by atoms with Gasteiger partial charge in [0, 0.05) is 5.69 Å². The lowest BCUT2D eigenvalue weighted by Gasteiger charge is -2.22. The van der Waals surface area contributed by atoms with Crippen LogP contribution in [0.5, 0.6) is 0 Å². The fraction of sp³-hybridized carbons (Fsp3) is 0.421. The molecule has 9 heteroatoms. The van der Waals surface area contributed by atoms with Crippen LogP contribution in [0.4, 0.5) is 5.69 Å². The summed E-state index contributed by atoms with van der Waals surface area (Å²) < 4.78 is 32.0. The second kappa shape index (κ2) is 7.75. The van der Waals surface area contributed by atoms with Crippen LogP contribution in [-0.4, -0.2) is 42.9 Å². The summed E-state index contributed by atoms with van der Waals surface area (Å²) in [7, 11) is -3.98. The van der Waals surface area contributed by atoms with E-state index in [9.17, 15) is 18.0 Å². The van der Waals surface area contributed by atoms with E-state index in [4.69, 9.17) is 4.74 Å². The van der Waals surface area contributed by atoms with E-state index in [0.29, 0.717) is 4.31 Å². The van der Waals surface area contributed by atoms with Crippen molar-refractivity contribution in [1.82, 2.24) is 9.78 Å². The minimum absolute atomic E-state index is 0.000567. The van der Waals surface area contributed by atoms with Gasteiger partial charge in [0.05, 0.1) is 29.7 Å². The Labute approximate surface area is 165 Å². The molecular formula is C19H25N3O5S. The number of sulfonamides is 1. The molecule has 2 aromatic rings. The van der Waals surface area contributed by atoms with Gasteiger partial charge in [-0.05, 0) is 58.9 Å². The molecule has 0 aliphatic rings. The van der Waals surface area contributed by atoms with Crippen molar-refractivity contribution in [2.75, 3.05) is 17.2 Å². The first kappa shape index (κ1) is 21.6. The van der Waals surface area contributed by atoms with Gasteiger partial charge in [-0.15, -0.1) is 0 Å². The maximum Gasteiger partial charge on any atom is 0.338 e. The van der Waals surface area contributed by atoms with E-state index < -0.39 is 21.9 Å². The van der Waals surface area contributed by atoms with Gasteiger partial charge in [0.15, 0.2) is 5.69 Å². The van der Waals surface area contributed by atoms with E-state index in [1.54, 1.807) is 24.6 Å². The van der Waals surface area contributed by atoms with Crippen LogP contribution in [0, 0.1) is 6.92 Å². The Morgan fingerprint density at radius 1 is 1.21 bits per heavy atom. The van der Waals surface area contributed by atoms with Crippen LogP contribution in [0.25, 0.3) is 0 Å². The van der Waals surface area contributed by atoms with Gasteiger partial charge in [-0.1, -0.05) is 6.07 Å². The van der Waals surface area contributed by atoms with E-state index in [1.807, 2.05) is 20.8 Å². The number of esters is 1. The highest BCUT2D eigenvalue weighted by atomic mass is 32.2. The number of hydrogen-bond donors (Lipinski definition) is 0. The number of carbonyl (C=O) groups excluding carboxylic acids is 2. The number of aromatic nitrogens is 2. The number of carbonyl (C=O) groups is 2. The molecule has 0 aliphatic carbocycles. The lowest BCUT2D eigenvalue weighted by Crippen LogP contribution is -2.37. The molecule has 0 N–H and O–H groups in total. The highest BCUT2D eigenvalue weighted by Gasteiger charge is 2.30. The number of amides is 1. The van der Waals surface area contributed by atoms with Crippen LogP contribution in [-0.2, 0) is 20.3 Å². The zero-order valence-corrected chi connectivity index (χ0v) is 17.7. The summed E-state index contributed by atoms with van der Waals surface area (Å²) in [6.07, 6.45) is 0.926. The fourth-order valence-corrected chi connectivity index (χ4v) is 3.69. The van der Waals surface area contributed by atoms with Crippen molar-refractivity contribution < 1.29 is 22.7 Å². The highest BCUT2D eigenvalue weighted by molar-refractivity contribution is 7.92. The van der Waals surface area contributed by atoms with Gasteiger partial charge in [-0.2, -0.15) is 5.10 Å². The minimum atomic E-state index is -3.98. The maximum absolute atomic E-state index is 13.0. The van der Waals surface area contributed by atoms with Crippen molar-refractivity contribution in [2.45, 2.75) is 40.2 Å². The zero-order chi connectivity index (χ0) is 21.3. The number of ether oxygens (including phenoxy) is 1. The predicted octanol–water partition coefficient (Wildman–Crippen LogP) is 2.73. The third-order valence-corrected chi connectivity index (χ3v) is 4.89. The molecule has 0 aliphatic heterocycles. The Morgan fingerprint density at radius 3 is 2.36 bits per heavy atom. The molecule has 0 bridgehead atoms. The lowest BCUT2D eigenvalue weighted by atomic mass is 10.1. The Morgan fingerprint density at radius 2 is 1.86 bits per heavy atom. The number of anilines is 1. The van der Waals surface area contributed by atoms with Crippen molar-refractivity contribution in [3.8, 4) is 0 Å². The molecule has 1 aromatic heterocycles. The Kier molecular flexibility index (Phi) is 5.98. The van der Waals surface area contributed by atoms with Gasteiger partial charge in [-0.25, -0.2) is 17.5 Å². The molecule has 1 amide bonds. The van der Waals surface area contributed by atoms with Gasteiger partial charge in [0.25, 0.3) is 5.91 Å². The summed E-state index contributed by atoms with van der Waals surface area (Å²) in [6.45, 7) is 9.43. The second-order valence-electron chi connectivity index (χ2n) is 7.36. The molecule has 2 rings (SSSR count). The molecule has 0 unspecified atom stereocenters. The van der Waals surface area contributed by atoms with Crippen LogP contribution in [0.1, 0.15) is 54.2 Å². The molecule has 28 heavy (non-hydrogen) atoms. The Balaban J connectivity index is 2.53. The van der Waals surface area contributed by atoms with Crippen molar-refractivity contribution in [3.05, 3.63) is 47.3 Å². The second-order valence-corrected chi connectivity index (χ2v) is 9.19. The van der Waals surface area contributed by atoms with Crippen LogP contribution in [0.3, 0.4) is 0 Å². The minimum Gasteiger partial charge on any atom is -0.462 e. The molecule has 1 aromatic carbocycles. The van der Waals surface area contributed by atoms with Gasteiger partial charge in [0.1, 0.15) is 0 Å². The number of nitrogens with zero attached hydrogens (tertiary/aromatic N) is 3. The van der Waals surface area contributed by atoms with E-state index in [1.165, 1.54) is 24.3 Å². The molecule has 0 fully saturated rings. The van der Waals surface area contributed by atoms with E-state index >= 15 is 0 Å². The van der Waals surface area contributed by atoms with Gasteiger partial charge in [0.2, 0.25) is 10.0 Å². The highest BCUT2D eigenvalue weighted by Crippen LogP contribution is 2.24. The van der Waals surface area contributed by atoms with Gasteiger partial charge in [-0.3, -0.25) is 9.48 Å². The first-order valence-corrected chi connectivity index (χ1v) is 10.6. The molecule has 1 heterocycles. The molecule has 0 atom stereocenters. The third-order valence-electron chi connectivity index (χ3n) is 3.85. The summed E-state index contributed by atoms with van der Waals surface area (Å²) in [5.74, 6) is -1.40. The maximum atomic E-state index is 13.0. The third kappa shape index (κ3) is 4.59. The number of rotatable bonds is 5. The monoisotopic (exact) mass is 407 g/mol. The van der Waals surface area contributed by atoms with Crippen LogP contribution in [0.2, 0.25) is 0 Å². The van der Waals surface area contributed by atoms with E-state index in [2.05, 4.69) is 5.10 Å². The molecule has 0 radical (unpaired) electrons. The normalized spacial score (nSPS) is 11.9. The van der Waals surface area contributed by atoms with Crippen molar-refractivity contribution in [1.29, 1.82) is 0 Å². The number of benzene rings is 1. The summed E-state index contributed by atoms with van der Waals surface area (Å²) in [5.41, 5.74) is 0.546. The van der Waals surface area contributed by atoms with E-state index in [0.717, 1.165) is 11.9 Å². The summed E-state index contributed by atoms with van der Waals surface area (Å²) in [6, 6.07) is 7.28. The first-order chi connectivity index (χ1) is 12.9. The predicted molar refractivity (Wildman–Crippen MR) is 106 cm³/mol. The fourth-order valence-electron chi connectivity index (χ4n) is 2.80. The van der Waals surface area contributed by atoms with Crippen LogP contribution < -0.4 is 4.31 Å². The molecule has 8 nitrogen and oxygen atoms in total. The quantitative estimate of drug-likeness (QED) is 0.707. The molecule has 152 valence electrons. The Bertz CT molecular complexity index is 1000. The largest absolute Gasteiger partial charge is 0.462 e. The molecule has 0 spiro atoms. The average Bonchev–Trinajstić information content (AvgIpc) is 2.96.